The van der Waals surface area contributed by atoms with Gasteiger partial charge in [-0.3, -0.25) is 0 Å². The second-order valence-corrected chi connectivity index (χ2v) is 5.80. The fraction of sp³-hybridized carbons (Fsp3) is 0.600. The Hall–Kier alpha value is -0.600. The molecule has 1 aliphatic rings. The molecule has 2 rings (SSSR count). The third-order valence-corrected chi connectivity index (χ3v) is 4.36. The summed E-state index contributed by atoms with van der Waals surface area (Å²) in [6.07, 6.45) is 10.4. The molecule has 0 spiro atoms. The summed E-state index contributed by atoms with van der Waals surface area (Å²) >= 11 is 1.88. The molecule has 0 aromatic carbocycles. The SMILES string of the molecule is CCNC(Cc1cccs1)C1=CCCCCC1. The van der Waals surface area contributed by atoms with Crippen molar-refractivity contribution in [1.82, 2.24) is 5.32 Å². The van der Waals surface area contributed by atoms with Crippen LogP contribution in [-0.2, 0) is 6.42 Å². The molecule has 1 aromatic heterocycles. The lowest BCUT2D eigenvalue weighted by Gasteiger charge is -2.20. The monoisotopic (exact) mass is 249 g/mol. The van der Waals surface area contributed by atoms with Gasteiger partial charge in [-0.15, -0.1) is 11.3 Å². The van der Waals surface area contributed by atoms with E-state index in [1.807, 2.05) is 11.3 Å². The molecule has 1 N–H and O–H groups in total. The first-order valence-electron chi connectivity index (χ1n) is 6.85. The van der Waals surface area contributed by atoms with Crippen molar-refractivity contribution in [2.24, 2.45) is 0 Å². The Bertz CT molecular complexity index is 340. The smallest absolute Gasteiger partial charge is 0.0327 e. The van der Waals surface area contributed by atoms with Crippen LogP contribution in [0.5, 0.6) is 0 Å². The Labute approximate surface area is 109 Å². The summed E-state index contributed by atoms with van der Waals surface area (Å²) in [5.74, 6) is 0. The molecular formula is C15H23NS. The van der Waals surface area contributed by atoms with E-state index in [9.17, 15) is 0 Å². The van der Waals surface area contributed by atoms with E-state index in [0.717, 1.165) is 13.0 Å². The molecule has 1 heterocycles. The van der Waals surface area contributed by atoms with Gasteiger partial charge in [0, 0.05) is 17.3 Å². The highest BCUT2D eigenvalue weighted by molar-refractivity contribution is 7.09. The largest absolute Gasteiger partial charge is 0.310 e. The predicted molar refractivity (Wildman–Crippen MR) is 76.7 cm³/mol. The molecule has 0 fully saturated rings. The van der Waals surface area contributed by atoms with Gasteiger partial charge in [-0.05, 0) is 43.7 Å². The first-order valence-corrected chi connectivity index (χ1v) is 7.73. The number of hydrogen-bond acceptors (Lipinski definition) is 2. The van der Waals surface area contributed by atoms with Gasteiger partial charge in [0.25, 0.3) is 0 Å². The van der Waals surface area contributed by atoms with Crippen LogP contribution in [0.15, 0.2) is 29.2 Å². The van der Waals surface area contributed by atoms with E-state index in [1.165, 1.54) is 37.0 Å². The zero-order valence-electron chi connectivity index (χ0n) is 10.7. The fourth-order valence-electron chi connectivity index (χ4n) is 2.57. The third kappa shape index (κ3) is 3.97. The van der Waals surface area contributed by atoms with Crippen molar-refractivity contribution in [3.05, 3.63) is 34.0 Å². The van der Waals surface area contributed by atoms with E-state index in [1.54, 1.807) is 5.57 Å². The van der Waals surface area contributed by atoms with Crippen LogP contribution in [0.4, 0.5) is 0 Å². The highest BCUT2D eigenvalue weighted by atomic mass is 32.1. The molecule has 0 bridgehead atoms. The van der Waals surface area contributed by atoms with Gasteiger partial charge in [0.15, 0.2) is 0 Å². The minimum atomic E-state index is 0.566. The molecule has 1 atom stereocenters. The van der Waals surface area contributed by atoms with Crippen LogP contribution in [0.2, 0.25) is 0 Å². The minimum Gasteiger partial charge on any atom is -0.310 e. The van der Waals surface area contributed by atoms with E-state index < -0.39 is 0 Å². The lowest BCUT2D eigenvalue weighted by Crippen LogP contribution is -2.32. The summed E-state index contributed by atoms with van der Waals surface area (Å²) in [5.41, 5.74) is 1.65. The van der Waals surface area contributed by atoms with Crippen molar-refractivity contribution in [2.75, 3.05) is 6.54 Å². The molecule has 0 radical (unpaired) electrons. The lowest BCUT2D eigenvalue weighted by atomic mass is 9.98. The zero-order valence-corrected chi connectivity index (χ0v) is 11.6. The van der Waals surface area contributed by atoms with Crippen molar-refractivity contribution in [2.45, 2.75) is 51.5 Å². The normalized spacial score (nSPS) is 18.5. The molecule has 0 saturated heterocycles. The van der Waals surface area contributed by atoms with E-state index in [2.05, 4.69) is 35.8 Å². The second kappa shape index (κ2) is 6.97. The summed E-state index contributed by atoms with van der Waals surface area (Å²) < 4.78 is 0. The van der Waals surface area contributed by atoms with Gasteiger partial charge >= 0.3 is 0 Å². The van der Waals surface area contributed by atoms with Crippen LogP contribution in [-0.4, -0.2) is 12.6 Å². The highest BCUT2D eigenvalue weighted by Crippen LogP contribution is 2.23. The molecule has 0 saturated carbocycles. The van der Waals surface area contributed by atoms with Crippen LogP contribution in [0.25, 0.3) is 0 Å². The van der Waals surface area contributed by atoms with Crippen molar-refractivity contribution < 1.29 is 0 Å². The maximum Gasteiger partial charge on any atom is 0.0327 e. The average Bonchev–Trinajstić information content (AvgIpc) is 2.69. The van der Waals surface area contributed by atoms with E-state index in [0.29, 0.717) is 6.04 Å². The molecular weight excluding hydrogens is 226 g/mol. The molecule has 0 amide bonds. The zero-order chi connectivity index (χ0) is 11.9. The number of thiophene rings is 1. The Kier molecular flexibility index (Phi) is 5.27. The lowest BCUT2D eigenvalue weighted by molar-refractivity contribution is 0.565. The fourth-order valence-corrected chi connectivity index (χ4v) is 3.32. The number of hydrogen-bond donors (Lipinski definition) is 1. The van der Waals surface area contributed by atoms with E-state index in [-0.39, 0.29) is 0 Å². The van der Waals surface area contributed by atoms with Gasteiger partial charge in [0.2, 0.25) is 0 Å². The molecule has 94 valence electrons. The Morgan fingerprint density at radius 2 is 2.29 bits per heavy atom. The van der Waals surface area contributed by atoms with Crippen molar-refractivity contribution in [3.63, 3.8) is 0 Å². The Balaban J connectivity index is 2.02. The molecule has 1 unspecified atom stereocenters. The van der Waals surface area contributed by atoms with Gasteiger partial charge in [-0.2, -0.15) is 0 Å². The van der Waals surface area contributed by atoms with Crippen LogP contribution in [0.1, 0.15) is 43.9 Å². The standard InChI is InChI=1S/C15H23NS/c1-2-16-15(12-14-10-7-11-17-14)13-8-5-3-4-6-9-13/h7-8,10-11,15-16H,2-6,9,12H2,1H3. The van der Waals surface area contributed by atoms with Gasteiger partial charge in [0.1, 0.15) is 0 Å². The maximum atomic E-state index is 3.66. The third-order valence-electron chi connectivity index (χ3n) is 3.46. The molecule has 17 heavy (non-hydrogen) atoms. The molecule has 1 nitrogen and oxygen atoms in total. The quantitative estimate of drug-likeness (QED) is 0.773. The molecule has 0 aliphatic heterocycles. The van der Waals surface area contributed by atoms with Crippen LogP contribution >= 0.6 is 11.3 Å². The summed E-state index contributed by atoms with van der Waals surface area (Å²) in [4.78, 5) is 1.50. The number of allylic oxidation sites excluding steroid dienone is 1. The van der Waals surface area contributed by atoms with Gasteiger partial charge in [0.05, 0.1) is 0 Å². The highest BCUT2D eigenvalue weighted by Gasteiger charge is 2.15. The molecule has 2 heteroatoms. The topological polar surface area (TPSA) is 12.0 Å². The Morgan fingerprint density at radius 3 is 3.06 bits per heavy atom. The maximum absolute atomic E-state index is 3.66. The van der Waals surface area contributed by atoms with Gasteiger partial charge in [-0.25, -0.2) is 0 Å². The first-order chi connectivity index (χ1) is 8.40. The number of rotatable bonds is 5. The van der Waals surface area contributed by atoms with Crippen LogP contribution < -0.4 is 5.32 Å². The van der Waals surface area contributed by atoms with Crippen LogP contribution in [0, 0.1) is 0 Å². The van der Waals surface area contributed by atoms with Crippen molar-refractivity contribution >= 4 is 11.3 Å². The summed E-state index contributed by atoms with van der Waals surface area (Å²) in [6.45, 7) is 3.27. The first kappa shape index (κ1) is 12.8. The molecule has 1 aliphatic carbocycles. The second-order valence-electron chi connectivity index (χ2n) is 4.77. The summed E-state index contributed by atoms with van der Waals surface area (Å²) in [6, 6.07) is 4.98. The minimum absolute atomic E-state index is 0.566. The summed E-state index contributed by atoms with van der Waals surface area (Å²) in [5, 5.41) is 5.84. The van der Waals surface area contributed by atoms with Crippen molar-refractivity contribution in [1.29, 1.82) is 0 Å². The van der Waals surface area contributed by atoms with Gasteiger partial charge < -0.3 is 5.32 Å². The van der Waals surface area contributed by atoms with E-state index >= 15 is 0 Å². The van der Waals surface area contributed by atoms with E-state index in [4.69, 9.17) is 0 Å². The number of nitrogens with one attached hydrogen (secondary N) is 1. The summed E-state index contributed by atoms with van der Waals surface area (Å²) in [7, 11) is 0. The van der Waals surface area contributed by atoms with Crippen LogP contribution in [0.3, 0.4) is 0 Å². The Morgan fingerprint density at radius 1 is 1.35 bits per heavy atom. The average molecular weight is 249 g/mol. The molecule has 1 aromatic rings. The predicted octanol–water partition coefficient (Wildman–Crippen LogP) is 4.16. The number of likely N-dealkylation sites (N-methyl/N-ethyl adjacent to an activating group) is 1. The van der Waals surface area contributed by atoms with Crippen molar-refractivity contribution in [3.8, 4) is 0 Å². The van der Waals surface area contributed by atoms with Gasteiger partial charge in [-0.1, -0.05) is 31.1 Å².